The summed E-state index contributed by atoms with van der Waals surface area (Å²) >= 11 is 5.06. The topological polar surface area (TPSA) is 42.0 Å². The van der Waals surface area contributed by atoms with Crippen LogP contribution in [0.4, 0.5) is 5.82 Å². The van der Waals surface area contributed by atoms with Crippen molar-refractivity contribution in [1.82, 2.24) is 4.98 Å². The molecule has 0 saturated heterocycles. The minimum atomic E-state index is -0.0435. The fourth-order valence-electron chi connectivity index (χ4n) is 1.84. The Kier molecular flexibility index (Phi) is 5.42. The predicted molar refractivity (Wildman–Crippen MR) is 91.9 cm³/mol. The number of hydrogen-bond acceptors (Lipinski definition) is 3. The third-order valence-corrected chi connectivity index (χ3v) is 4.98. The SMILES string of the molecule is Cc1cccc(NC(=O)CSc2cc(C)c(Br)cc2C)n1. The molecular weight excluding hydrogens is 348 g/mol. The van der Waals surface area contributed by atoms with Crippen molar-refractivity contribution < 1.29 is 4.79 Å². The lowest BCUT2D eigenvalue weighted by Gasteiger charge is -2.09. The average Bonchev–Trinajstić information content (AvgIpc) is 2.41. The van der Waals surface area contributed by atoms with Crippen LogP contribution in [0.5, 0.6) is 0 Å². The van der Waals surface area contributed by atoms with Crippen molar-refractivity contribution in [1.29, 1.82) is 0 Å². The number of pyridine rings is 1. The van der Waals surface area contributed by atoms with Gasteiger partial charge in [0, 0.05) is 15.1 Å². The van der Waals surface area contributed by atoms with Gasteiger partial charge in [0.25, 0.3) is 0 Å². The van der Waals surface area contributed by atoms with E-state index in [-0.39, 0.29) is 5.91 Å². The Balaban J connectivity index is 1.97. The van der Waals surface area contributed by atoms with Crippen LogP contribution in [0.3, 0.4) is 0 Å². The molecule has 1 aromatic heterocycles. The molecule has 0 atom stereocenters. The highest BCUT2D eigenvalue weighted by molar-refractivity contribution is 9.10. The molecule has 0 aliphatic heterocycles. The minimum absolute atomic E-state index is 0.0435. The molecule has 0 aliphatic carbocycles. The summed E-state index contributed by atoms with van der Waals surface area (Å²) in [4.78, 5) is 17.4. The van der Waals surface area contributed by atoms with Crippen LogP contribution in [-0.2, 0) is 4.79 Å². The summed E-state index contributed by atoms with van der Waals surface area (Å²) in [5, 5.41) is 2.82. The van der Waals surface area contributed by atoms with Crippen molar-refractivity contribution in [3.8, 4) is 0 Å². The van der Waals surface area contributed by atoms with Crippen molar-refractivity contribution in [2.24, 2.45) is 0 Å². The van der Waals surface area contributed by atoms with Crippen LogP contribution in [-0.4, -0.2) is 16.6 Å². The van der Waals surface area contributed by atoms with Crippen LogP contribution in [0, 0.1) is 20.8 Å². The summed E-state index contributed by atoms with van der Waals surface area (Å²) in [6.45, 7) is 6.00. The largest absolute Gasteiger partial charge is 0.310 e. The number of thioether (sulfide) groups is 1. The summed E-state index contributed by atoms with van der Waals surface area (Å²) in [5.74, 6) is 0.930. The second kappa shape index (κ2) is 7.09. The standard InChI is InChI=1S/C16H17BrN2OS/c1-10-8-14(11(2)7-13(10)17)21-9-16(20)19-15-6-4-5-12(3)18-15/h4-8H,9H2,1-3H3,(H,18,19,20). The van der Waals surface area contributed by atoms with Crippen LogP contribution in [0.15, 0.2) is 39.7 Å². The van der Waals surface area contributed by atoms with E-state index in [9.17, 15) is 4.79 Å². The fourth-order valence-corrected chi connectivity index (χ4v) is 3.21. The quantitative estimate of drug-likeness (QED) is 0.812. The fraction of sp³-hybridized carbons (Fsp3) is 0.250. The highest BCUT2D eigenvalue weighted by Gasteiger charge is 2.08. The molecule has 0 saturated carbocycles. The highest BCUT2D eigenvalue weighted by atomic mass is 79.9. The van der Waals surface area contributed by atoms with Gasteiger partial charge in [0.05, 0.1) is 5.75 Å². The number of aromatic nitrogens is 1. The first-order valence-corrected chi connectivity index (χ1v) is 8.36. The Bertz CT molecular complexity index is 673. The molecule has 3 nitrogen and oxygen atoms in total. The van der Waals surface area contributed by atoms with E-state index in [1.807, 2.05) is 32.9 Å². The molecule has 0 aliphatic rings. The van der Waals surface area contributed by atoms with E-state index in [1.54, 1.807) is 17.8 Å². The number of rotatable bonds is 4. The number of aryl methyl sites for hydroxylation is 3. The smallest absolute Gasteiger partial charge is 0.235 e. The molecule has 0 bridgehead atoms. The summed E-state index contributed by atoms with van der Waals surface area (Å²) in [7, 11) is 0. The van der Waals surface area contributed by atoms with E-state index in [1.165, 1.54) is 11.1 Å². The van der Waals surface area contributed by atoms with Crippen LogP contribution in [0.2, 0.25) is 0 Å². The number of hydrogen-bond donors (Lipinski definition) is 1. The van der Waals surface area contributed by atoms with Gasteiger partial charge in [0.2, 0.25) is 5.91 Å². The van der Waals surface area contributed by atoms with E-state index in [0.29, 0.717) is 11.6 Å². The van der Waals surface area contributed by atoms with Crippen LogP contribution < -0.4 is 5.32 Å². The number of carbonyl (C=O) groups is 1. The maximum absolute atomic E-state index is 12.0. The monoisotopic (exact) mass is 364 g/mol. The summed E-state index contributed by atoms with van der Waals surface area (Å²) in [5.41, 5.74) is 3.22. The van der Waals surface area contributed by atoms with Gasteiger partial charge in [0.15, 0.2) is 0 Å². The summed E-state index contributed by atoms with van der Waals surface area (Å²) in [6, 6.07) is 9.76. The van der Waals surface area contributed by atoms with Crippen molar-refractivity contribution in [3.05, 3.63) is 51.6 Å². The first-order valence-electron chi connectivity index (χ1n) is 6.59. The van der Waals surface area contributed by atoms with Crippen LogP contribution in [0.25, 0.3) is 0 Å². The van der Waals surface area contributed by atoms with Gasteiger partial charge in [-0.1, -0.05) is 22.0 Å². The average molecular weight is 365 g/mol. The van der Waals surface area contributed by atoms with Gasteiger partial charge in [-0.05, 0) is 56.2 Å². The zero-order valence-corrected chi connectivity index (χ0v) is 14.6. The maximum atomic E-state index is 12.0. The number of carbonyl (C=O) groups excluding carboxylic acids is 1. The van der Waals surface area contributed by atoms with E-state index in [0.717, 1.165) is 15.1 Å². The van der Waals surface area contributed by atoms with Crippen LogP contribution in [0.1, 0.15) is 16.8 Å². The van der Waals surface area contributed by atoms with Gasteiger partial charge in [-0.15, -0.1) is 11.8 Å². The Morgan fingerprint density at radius 2 is 2.00 bits per heavy atom. The van der Waals surface area contributed by atoms with Gasteiger partial charge in [-0.2, -0.15) is 0 Å². The van der Waals surface area contributed by atoms with E-state index in [2.05, 4.69) is 38.4 Å². The second-order valence-corrected chi connectivity index (χ2v) is 6.74. The molecule has 1 heterocycles. The van der Waals surface area contributed by atoms with E-state index < -0.39 is 0 Å². The molecule has 1 aromatic carbocycles. The molecule has 0 unspecified atom stereocenters. The molecular formula is C16H17BrN2OS. The third-order valence-electron chi connectivity index (χ3n) is 2.97. The lowest BCUT2D eigenvalue weighted by atomic mass is 10.2. The maximum Gasteiger partial charge on any atom is 0.235 e. The highest BCUT2D eigenvalue weighted by Crippen LogP contribution is 2.28. The Labute approximate surface area is 137 Å². The zero-order chi connectivity index (χ0) is 15.4. The molecule has 2 rings (SSSR count). The molecule has 0 spiro atoms. The number of benzene rings is 1. The molecule has 5 heteroatoms. The Morgan fingerprint density at radius 3 is 2.71 bits per heavy atom. The van der Waals surface area contributed by atoms with Gasteiger partial charge in [-0.3, -0.25) is 4.79 Å². The first-order chi connectivity index (χ1) is 9.95. The Morgan fingerprint density at radius 1 is 1.24 bits per heavy atom. The first kappa shape index (κ1) is 16.0. The van der Waals surface area contributed by atoms with Crippen molar-refractivity contribution >= 4 is 39.4 Å². The van der Waals surface area contributed by atoms with Gasteiger partial charge < -0.3 is 5.32 Å². The molecule has 0 fully saturated rings. The molecule has 21 heavy (non-hydrogen) atoms. The lowest BCUT2D eigenvalue weighted by molar-refractivity contribution is -0.113. The molecule has 1 N–H and O–H groups in total. The number of halogens is 1. The number of nitrogens with one attached hydrogen (secondary N) is 1. The third kappa shape index (κ3) is 4.58. The van der Waals surface area contributed by atoms with Gasteiger partial charge in [-0.25, -0.2) is 4.98 Å². The van der Waals surface area contributed by atoms with Gasteiger partial charge >= 0.3 is 0 Å². The van der Waals surface area contributed by atoms with Crippen molar-refractivity contribution in [2.45, 2.75) is 25.7 Å². The van der Waals surface area contributed by atoms with E-state index in [4.69, 9.17) is 0 Å². The minimum Gasteiger partial charge on any atom is -0.310 e. The zero-order valence-electron chi connectivity index (χ0n) is 12.2. The molecule has 110 valence electrons. The predicted octanol–water partition coefficient (Wildman–Crippen LogP) is 4.50. The number of anilines is 1. The van der Waals surface area contributed by atoms with Gasteiger partial charge in [0.1, 0.15) is 5.82 Å². The molecule has 1 amide bonds. The number of nitrogens with zero attached hydrogens (tertiary/aromatic N) is 1. The van der Waals surface area contributed by atoms with Crippen molar-refractivity contribution in [2.75, 3.05) is 11.1 Å². The molecule has 0 radical (unpaired) electrons. The summed E-state index contributed by atoms with van der Waals surface area (Å²) < 4.78 is 1.10. The number of amides is 1. The van der Waals surface area contributed by atoms with E-state index >= 15 is 0 Å². The molecule has 2 aromatic rings. The second-order valence-electron chi connectivity index (χ2n) is 4.87. The van der Waals surface area contributed by atoms with Crippen LogP contribution >= 0.6 is 27.7 Å². The van der Waals surface area contributed by atoms with Crippen molar-refractivity contribution in [3.63, 3.8) is 0 Å². The Hall–Kier alpha value is -1.33. The normalized spacial score (nSPS) is 10.5. The lowest BCUT2D eigenvalue weighted by Crippen LogP contribution is -2.15. The summed E-state index contributed by atoms with van der Waals surface area (Å²) in [6.07, 6.45) is 0.